The number of halogens is 1. The van der Waals surface area contributed by atoms with E-state index < -0.39 is 23.2 Å². The number of carbonyl (C=O) groups excluding carboxylic acids is 1. The van der Waals surface area contributed by atoms with Crippen LogP contribution in [0.15, 0.2) is 75.9 Å². The fourth-order valence-corrected chi connectivity index (χ4v) is 4.83. The topological polar surface area (TPSA) is 78.2 Å². The second-order valence-corrected chi connectivity index (χ2v) is 9.67. The molecule has 1 aliphatic heterocycles. The van der Waals surface area contributed by atoms with Crippen molar-refractivity contribution in [3.05, 3.63) is 105 Å². The molecular formula is C31H30FNO6. The van der Waals surface area contributed by atoms with Gasteiger partial charge in [-0.15, -0.1) is 0 Å². The maximum Gasteiger partial charge on any atom is 0.290 e. The van der Waals surface area contributed by atoms with Gasteiger partial charge in [0.15, 0.2) is 16.9 Å². The normalized spacial score (nSPS) is 14.7. The molecule has 39 heavy (non-hydrogen) atoms. The first-order chi connectivity index (χ1) is 18.9. The van der Waals surface area contributed by atoms with Gasteiger partial charge in [0.25, 0.3) is 5.91 Å². The average molecular weight is 532 g/mol. The van der Waals surface area contributed by atoms with Gasteiger partial charge in [0.05, 0.1) is 30.2 Å². The van der Waals surface area contributed by atoms with E-state index in [1.165, 1.54) is 19.2 Å². The second kappa shape index (κ2) is 11.3. The lowest BCUT2D eigenvalue weighted by Crippen LogP contribution is -2.31. The van der Waals surface area contributed by atoms with E-state index in [4.69, 9.17) is 18.6 Å². The van der Waals surface area contributed by atoms with E-state index in [-0.39, 0.29) is 28.4 Å². The Morgan fingerprint density at radius 2 is 1.79 bits per heavy atom. The maximum absolute atomic E-state index is 14.0. The molecule has 7 nitrogen and oxygen atoms in total. The Bertz CT molecular complexity index is 1550. The van der Waals surface area contributed by atoms with Gasteiger partial charge in [0, 0.05) is 13.2 Å². The molecule has 1 amide bonds. The van der Waals surface area contributed by atoms with Crippen molar-refractivity contribution in [2.24, 2.45) is 0 Å². The number of hydrogen-bond donors (Lipinski definition) is 0. The van der Waals surface area contributed by atoms with Gasteiger partial charge in [0.2, 0.25) is 5.76 Å². The summed E-state index contributed by atoms with van der Waals surface area (Å²) < 4.78 is 37.2. The van der Waals surface area contributed by atoms with Gasteiger partial charge < -0.3 is 23.5 Å². The Morgan fingerprint density at radius 1 is 1.00 bits per heavy atom. The van der Waals surface area contributed by atoms with Crippen molar-refractivity contribution < 1.29 is 27.8 Å². The molecule has 0 saturated heterocycles. The van der Waals surface area contributed by atoms with E-state index in [0.29, 0.717) is 43.2 Å². The SMILES string of the molecule is COc1cc(C2c3c(oc4ccc(F)cc4c3=O)C(=O)N2CCCOC(C)C)ccc1OCc1ccccc1. The molecule has 0 fully saturated rings. The van der Waals surface area contributed by atoms with Crippen LogP contribution in [0.3, 0.4) is 0 Å². The standard InChI is InChI=1S/C31H30FNO6/c1-19(2)37-15-7-14-33-28(27-29(34)23-17-22(32)11-13-24(23)39-30(27)31(33)35)21-10-12-25(26(16-21)36-3)38-18-20-8-5-4-6-9-20/h4-6,8-13,16-17,19,28H,7,14-15,18H2,1-3H3. The van der Waals surface area contributed by atoms with Crippen molar-refractivity contribution >= 4 is 16.9 Å². The van der Waals surface area contributed by atoms with Crippen LogP contribution in [0.2, 0.25) is 0 Å². The molecule has 0 bridgehead atoms. The molecule has 0 aliphatic carbocycles. The van der Waals surface area contributed by atoms with Gasteiger partial charge >= 0.3 is 0 Å². The molecule has 0 spiro atoms. The summed E-state index contributed by atoms with van der Waals surface area (Å²) in [6.45, 7) is 5.03. The molecule has 1 unspecified atom stereocenters. The highest BCUT2D eigenvalue weighted by Crippen LogP contribution is 2.41. The number of fused-ring (bicyclic) bond motifs is 2. The zero-order valence-electron chi connectivity index (χ0n) is 22.1. The Balaban J connectivity index is 1.54. The predicted molar refractivity (Wildman–Crippen MR) is 145 cm³/mol. The molecular weight excluding hydrogens is 501 g/mol. The van der Waals surface area contributed by atoms with E-state index in [1.54, 1.807) is 17.0 Å². The summed E-state index contributed by atoms with van der Waals surface area (Å²) in [6.07, 6.45) is 0.620. The molecule has 0 radical (unpaired) electrons. The van der Waals surface area contributed by atoms with Crippen LogP contribution in [-0.2, 0) is 11.3 Å². The molecule has 8 heteroatoms. The van der Waals surface area contributed by atoms with E-state index >= 15 is 0 Å². The van der Waals surface area contributed by atoms with Crippen LogP contribution in [0.4, 0.5) is 4.39 Å². The third-order valence-corrected chi connectivity index (χ3v) is 6.66. The molecule has 0 N–H and O–H groups in total. The van der Waals surface area contributed by atoms with Crippen molar-refractivity contribution in [3.63, 3.8) is 0 Å². The van der Waals surface area contributed by atoms with Crippen molar-refractivity contribution in [1.29, 1.82) is 0 Å². The van der Waals surface area contributed by atoms with Crippen molar-refractivity contribution in [2.45, 2.75) is 39.0 Å². The summed E-state index contributed by atoms with van der Waals surface area (Å²) >= 11 is 0. The Labute approximate surface area is 225 Å². The van der Waals surface area contributed by atoms with Gasteiger partial charge in [-0.25, -0.2) is 4.39 Å². The minimum absolute atomic E-state index is 0.0303. The van der Waals surface area contributed by atoms with Crippen LogP contribution in [0.25, 0.3) is 11.0 Å². The number of amides is 1. The molecule has 4 aromatic rings. The number of ether oxygens (including phenoxy) is 3. The lowest BCUT2D eigenvalue weighted by Gasteiger charge is -2.26. The average Bonchev–Trinajstić information content (AvgIpc) is 3.22. The third kappa shape index (κ3) is 5.38. The predicted octanol–water partition coefficient (Wildman–Crippen LogP) is 5.88. The van der Waals surface area contributed by atoms with Gasteiger partial charge in [-0.2, -0.15) is 0 Å². The lowest BCUT2D eigenvalue weighted by molar-refractivity contribution is 0.0593. The zero-order chi connectivity index (χ0) is 27.5. The number of benzene rings is 3. The smallest absolute Gasteiger partial charge is 0.290 e. The summed E-state index contributed by atoms with van der Waals surface area (Å²) in [6, 6.07) is 18.1. The van der Waals surface area contributed by atoms with Gasteiger partial charge in [-0.1, -0.05) is 36.4 Å². The molecule has 2 heterocycles. The van der Waals surface area contributed by atoms with Crippen LogP contribution in [0.5, 0.6) is 11.5 Å². The maximum atomic E-state index is 14.0. The third-order valence-electron chi connectivity index (χ3n) is 6.66. The fourth-order valence-electron chi connectivity index (χ4n) is 4.83. The molecule has 1 aliphatic rings. The quantitative estimate of drug-likeness (QED) is 0.238. The van der Waals surface area contributed by atoms with E-state index in [2.05, 4.69) is 0 Å². The number of methoxy groups -OCH3 is 1. The van der Waals surface area contributed by atoms with Crippen LogP contribution in [0.1, 0.15) is 53.6 Å². The Hall–Kier alpha value is -4.17. The zero-order valence-corrected chi connectivity index (χ0v) is 22.1. The highest BCUT2D eigenvalue weighted by Gasteiger charge is 2.42. The van der Waals surface area contributed by atoms with E-state index in [0.717, 1.165) is 11.6 Å². The summed E-state index contributed by atoms with van der Waals surface area (Å²) in [5.41, 5.74) is 1.57. The number of carbonyl (C=O) groups is 1. The van der Waals surface area contributed by atoms with Crippen LogP contribution < -0.4 is 14.9 Å². The second-order valence-electron chi connectivity index (χ2n) is 9.67. The van der Waals surface area contributed by atoms with Crippen LogP contribution >= 0.6 is 0 Å². The first-order valence-electron chi connectivity index (χ1n) is 12.9. The summed E-state index contributed by atoms with van der Waals surface area (Å²) in [5.74, 6) is 0.00573. The largest absolute Gasteiger partial charge is 0.493 e. The summed E-state index contributed by atoms with van der Waals surface area (Å²) in [5, 5.41) is 0.0892. The molecule has 3 aromatic carbocycles. The summed E-state index contributed by atoms with van der Waals surface area (Å²) in [7, 11) is 1.54. The van der Waals surface area contributed by atoms with Gasteiger partial charge in [-0.3, -0.25) is 9.59 Å². The van der Waals surface area contributed by atoms with Crippen LogP contribution in [-0.4, -0.2) is 37.2 Å². The first kappa shape index (κ1) is 26.4. The van der Waals surface area contributed by atoms with E-state index in [9.17, 15) is 14.0 Å². The Morgan fingerprint density at radius 3 is 2.54 bits per heavy atom. The molecule has 1 aromatic heterocycles. The van der Waals surface area contributed by atoms with Crippen molar-refractivity contribution in [2.75, 3.05) is 20.3 Å². The van der Waals surface area contributed by atoms with Crippen molar-refractivity contribution in [3.8, 4) is 11.5 Å². The lowest BCUT2D eigenvalue weighted by atomic mass is 9.98. The first-order valence-corrected chi connectivity index (χ1v) is 12.9. The highest BCUT2D eigenvalue weighted by atomic mass is 19.1. The van der Waals surface area contributed by atoms with Crippen LogP contribution in [0, 0.1) is 5.82 Å². The molecule has 1 atom stereocenters. The number of hydrogen-bond acceptors (Lipinski definition) is 6. The van der Waals surface area contributed by atoms with Gasteiger partial charge in [-0.05, 0) is 61.7 Å². The monoisotopic (exact) mass is 531 g/mol. The summed E-state index contributed by atoms with van der Waals surface area (Å²) in [4.78, 5) is 28.8. The minimum atomic E-state index is -0.743. The molecule has 0 saturated carbocycles. The van der Waals surface area contributed by atoms with Gasteiger partial charge in [0.1, 0.15) is 18.0 Å². The molecule has 5 rings (SSSR count). The molecule has 202 valence electrons. The Kier molecular flexibility index (Phi) is 7.65. The van der Waals surface area contributed by atoms with E-state index in [1.807, 2.05) is 50.2 Å². The number of rotatable bonds is 10. The van der Waals surface area contributed by atoms with Crippen molar-refractivity contribution in [1.82, 2.24) is 4.90 Å². The minimum Gasteiger partial charge on any atom is -0.493 e. The fraction of sp³-hybridized carbons (Fsp3) is 0.290. The number of nitrogens with zero attached hydrogens (tertiary/aromatic N) is 1. The highest BCUT2D eigenvalue weighted by molar-refractivity contribution is 5.99.